The predicted molar refractivity (Wildman–Crippen MR) is 118 cm³/mol. The molecule has 2 aromatic rings. The van der Waals surface area contributed by atoms with E-state index in [2.05, 4.69) is 15.5 Å². The van der Waals surface area contributed by atoms with E-state index in [-0.39, 0.29) is 5.91 Å². The minimum Gasteiger partial charge on any atom is -0.353 e. The molecule has 28 heavy (non-hydrogen) atoms. The standard InChI is InChI=1S/C19H24Cl2N4OS2/c1-25-17(11-27-10-13-7-8-14(20)9-16(13)21)23-24-19(25)28-12-18(26)22-15-5-3-2-4-6-15/h7-9,15H,2-6,10-12H2,1H3,(H,22,26). The molecule has 0 atom stereocenters. The molecule has 9 heteroatoms. The maximum absolute atomic E-state index is 12.2. The number of rotatable bonds is 8. The zero-order chi connectivity index (χ0) is 19.9. The number of carbonyl (C=O) groups excluding carboxylic acids is 1. The lowest BCUT2D eigenvalue weighted by atomic mass is 9.95. The van der Waals surface area contributed by atoms with Gasteiger partial charge in [0.2, 0.25) is 5.91 Å². The van der Waals surface area contributed by atoms with Crippen LogP contribution in [0.2, 0.25) is 10.0 Å². The average molecular weight is 459 g/mol. The van der Waals surface area contributed by atoms with Gasteiger partial charge in [0.15, 0.2) is 5.16 Å². The summed E-state index contributed by atoms with van der Waals surface area (Å²) in [6.07, 6.45) is 5.90. The van der Waals surface area contributed by atoms with E-state index in [1.807, 2.05) is 23.7 Å². The second kappa shape index (κ2) is 10.8. The molecule has 1 aliphatic rings. The van der Waals surface area contributed by atoms with Crippen LogP contribution in [0.15, 0.2) is 23.4 Å². The van der Waals surface area contributed by atoms with Gasteiger partial charge in [-0.1, -0.05) is 60.3 Å². The van der Waals surface area contributed by atoms with Crippen molar-refractivity contribution in [2.75, 3.05) is 5.75 Å². The highest BCUT2D eigenvalue weighted by Gasteiger charge is 2.17. The smallest absolute Gasteiger partial charge is 0.230 e. The first kappa shape index (κ1) is 21.8. The van der Waals surface area contributed by atoms with Crippen LogP contribution in [0.5, 0.6) is 0 Å². The van der Waals surface area contributed by atoms with Crippen LogP contribution in [0.4, 0.5) is 0 Å². The first-order valence-corrected chi connectivity index (χ1v) is 12.2. The molecule has 0 bridgehead atoms. The van der Waals surface area contributed by atoms with Crippen LogP contribution in [0.1, 0.15) is 43.5 Å². The SMILES string of the molecule is Cn1c(CSCc2ccc(Cl)cc2Cl)nnc1SCC(=O)NC1CCCCC1. The molecule has 152 valence electrons. The Bertz CT molecular complexity index is 809. The maximum Gasteiger partial charge on any atom is 0.230 e. The van der Waals surface area contributed by atoms with Crippen molar-refractivity contribution in [3.8, 4) is 0 Å². The van der Waals surface area contributed by atoms with Crippen LogP contribution in [0.25, 0.3) is 0 Å². The van der Waals surface area contributed by atoms with Gasteiger partial charge in [-0.15, -0.1) is 22.0 Å². The summed E-state index contributed by atoms with van der Waals surface area (Å²) in [6.45, 7) is 0. The Morgan fingerprint density at radius 3 is 2.75 bits per heavy atom. The van der Waals surface area contributed by atoms with E-state index in [0.717, 1.165) is 40.9 Å². The molecule has 0 spiro atoms. The molecule has 0 saturated heterocycles. The lowest BCUT2D eigenvalue weighted by molar-refractivity contribution is -0.119. The van der Waals surface area contributed by atoms with Crippen molar-refractivity contribution in [1.82, 2.24) is 20.1 Å². The van der Waals surface area contributed by atoms with Crippen molar-refractivity contribution in [1.29, 1.82) is 0 Å². The molecule has 1 saturated carbocycles. The molecule has 1 aliphatic carbocycles. The van der Waals surface area contributed by atoms with Crippen molar-refractivity contribution >= 4 is 52.6 Å². The molecule has 1 fully saturated rings. The summed E-state index contributed by atoms with van der Waals surface area (Å²) in [7, 11) is 1.94. The lowest BCUT2D eigenvalue weighted by Crippen LogP contribution is -2.37. The van der Waals surface area contributed by atoms with Gasteiger partial charge in [-0.05, 0) is 30.5 Å². The number of nitrogens with zero attached hydrogens (tertiary/aromatic N) is 3. The Balaban J connectivity index is 1.44. The summed E-state index contributed by atoms with van der Waals surface area (Å²) >= 11 is 15.3. The van der Waals surface area contributed by atoms with Crippen molar-refractivity contribution in [3.63, 3.8) is 0 Å². The molecule has 1 N–H and O–H groups in total. The minimum atomic E-state index is 0.0770. The molecule has 3 rings (SSSR count). The third-order valence-corrected chi connectivity index (χ3v) is 7.32. The molecule has 0 unspecified atom stereocenters. The fourth-order valence-corrected chi connectivity index (χ4v) is 5.44. The normalized spacial score (nSPS) is 15.0. The Hall–Kier alpha value is -0.890. The van der Waals surface area contributed by atoms with Gasteiger partial charge in [-0.25, -0.2) is 0 Å². The Morgan fingerprint density at radius 2 is 2.00 bits per heavy atom. The average Bonchev–Trinajstić information content (AvgIpc) is 3.02. The number of halogens is 2. The van der Waals surface area contributed by atoms with Crippen molar-refractivity contribution in [2.45, 2.75) is 54.8 Å². The molecule has 0 aliphatic heterocycles. The molecular weight excluding hydrogens is 435 g/mol. The third kappa shape index (κ3) is 6.31. The summed E-state index contributed by atoms with van der Waals surface area (Å²) in [6, 6.07) is 5.89. The van der Waals surface area contributed by atoms with E-state index in [1.54, 1.807) is 17.8 Å². The minimum absolute atomic E-state index is 0.0770. The van der Waals surface area contributed by atoms with Gasteiger partial charge in [0.1, 0.15) is 5.82 Å². The molecule has 1 amide bonds. The quantitative estimate of drug-likeness (QED) is 0.557. The van der Waals surface area contributed by atoms with E-state index in [9.17, 15) is 4.79 Å². The molecule has 1 heterocycles. The van der Waals surface area contributed by atoms with Gasteiger partial charge in [0, 0.05) is 28.9 Å². The van der Waals surface area contributed by atoms with Crippen LogP contribution < -0.4 is 5.32 Å². The molecule has 1 aromatic heterocycles. The first-order valence-electron chi connectivity index (χ1n) is 9.35. The zero-order valence-corrected chi connectivity index (χ0v) is 18.9. The van der Waals surface area contributed by atoms with Gasteiger partial charge >= 0.3 is 0 Å². The predicted octanol–water partition coefficient (Wildman–Crippen LogP) is 5.10. The molecular formula is C19H24Cl2N4OS2. The Morgan fingerprint density at radius 1 is 1.21 bits per heavy atom. The monoisotopic (exact) mass is 458 g/mol. The molecule has 1 aromatic carbocycles. The summed E-state index contributed by atoms with van der Waals surface area (Å²) in [4.78, 5) is 12.2. The summed E-state index contributed by atoms with van der Waals surface area (Å²) < 4.78 is 1.95. The number of aromatic nitrogens is 3. The number of amides is 1. The highest BCUT2D eigenvalue weighted by molar-refractivity contribution is 7.99. The van der Waals surface area contributed by atoms with Crippen molar-refractivity contribution in [2.24, 2.45) is 7.05 Å². The van der Waals surface area contributed by atoms with E-state index in [0.29, 0.717) is 21.8 Å². The van der Waals surface area contributed by atoms with E-state index >= 15 is 0 Å². The number of nitrogens with one attached hydrogen (secondary N) is 1. The lowest BCUT2D eigenvalue weighted by Gasteiger charge is -2.22. The van der Waals surface area contributed by atoms with Crippen LogP contribution in [0.3, 0.4) is 0 Å². The second-order valence-electron chi connectivity index (χ2n) is 6.88. The fourth-order valence-electron chi connectivity index (χ4n) is 3.13. The number of benzene rings is 1. The van der Waals surface area contributed by atoms with E-state index in [4.69, 9.17) is 23.2 Å². The highest BCUT2D eigenvalue weighted by atomic mass is 35.5. The molecule has 0 radical (unpaired) electrons. The van der Waals surface area contributed by atoms with Gasteiger partial charge < -0.3 is 9.88 Å². The number of thioether (sulfide) groups is 2. The van der Waals surface area contributed by atoms with Gasteiger partial charge in [-0.3, -0.25) is 4.79 Å². The largest absolute Gasteiger partial charge is 0.353 e. The number of hydrogen-bond donors (Lipinski definition) is 1. The second-order valence-corrected chi connectivity index (χ2v) is 9.65. The Kier molecular flexibility index (Phi) is 8.38. The Labute approximate surface area is 184 Å². The fraction of sp³-hybridized carbons (Fsp3) is 0.526. The maximum atomic E-state index is 12.2. The van der Waals surface area contributed by atoms with Crippen molar-refractivity contribution in [3.05, 3.63) is 39.6 Å². The first-order chi connectivity index (χ1) is 13.5. The zero-order valence-electron chi connectivity index (χ0n) is 15.8. The number of hydrogen-bond acceptors (Lipinski definition) is 5. The van der Waals surface area contributed by atoms with Gasteiger partial charge in [0.25, 0.3) is 0 Å². The summed E-state index contributed by atoms with van der Waals surface area (Å²) in [5.41, 5.74) is 1.05. The van der Waals surface area contributed by atoms with Gasteiger partial charge in [-0.2, -0.15) is 0 Å². The summed E-state index contributed by atoms with van der Waals surface area (Å²) in [5, 5.41) is 13.7. The molecule has 5 nitrogen and oxygen atoms in total. The third-order valence-electron chi connectivity index (χ3n) is 4.73. The van der Waals surface area contributed by atoms with Crippen LogP contribution in [0, 0.1) is 0 Å². The van der Waals surface area contributed by atoms with Gasteiger partial charge in [0.05, 0.1) is 11.5 Å². The van der Waals surface area contributed by atoms with Crippen molar-refractivity contribution < 1.29 is 4.79 Å². The number of carbonyl (C=O) groups is 1. The van der Waals surface area contributed by atoms with Crippen LogP contribution in [-0.4, -0.2) is 32.5 Å². The highest BCUT2D eigenvalue weighted by Crippen LogP contribution is 2.26. The van der Waals surface area contributed by atoms with Crippen LogP contribution >= 0.6 is 46.7 Å². The van der Waals surface area contributed by atoms with E-state index < -0.39 is 0 Å². The van der Waals surface area contributed by atoms with E-state index in [1.165, 1.54) is 31.0 Å². The van der Waals surface area contributed by atoms with Crippen LogP contribution in [-0.2, 0) is 23.3 Å². The summed E-state index contributed by atoms with van der Waals surface area (Å²) in [5.74, 6) is 2.82. The topological polar surface area (TPSA) is 59.8 Å².